The van der Waals surface area contributed by atoms with E-state index in [2.05, 4.69) is 9.55 Å². The zero-order valence-electron chi connectivity index (χ0n) is 15.7. The fraction of sp³-hybridized carbons (Fsp3) is 0.524. The van der Waals surface area contributed by atoms with Crippen molar-refractivity contribution in [3.8, 4) is 5.75 Å². The lowest BCUT2D eigenvalue weighted by molar-refractivity contribution is -0.142. The lowest BCUT2D eigenvalue weighted by Crippen LogP contribution is -2.25. The van der Waals surface area contributed by atoms with Crippen molar-refractivity contribution in [2.75, 3.05) is 6.54 Å². The molecular formula is C21H29N3O3. The Bertz CT molecular complexity index is 708. The summed E-state index contributed by atoms with van der Waals surface area (Å²) >= 11 is 0. The molecule has 2 aromatic rings. The fourth-order valence-electron chi connectivity index (χ4n) is 3.77. The molecule has 1 aromatic heterocycles. The highest BCUT2D eigenvalue weighted by molar-refractivity contribution is 5.70. The van der Waals surface area contributed by atoms with Gasteiger partial charge in [0.2, 0.25) is 0 Å². The first kappa shape index (κ1) is 19.4. The van der Waals surface area contributed by atoms with Crippen LogP contribution in [0.2, 0.25) is 0 Å². The second-order valence-electron chi connectivity index (χ2n) is 7.34. The zero-order valence-corrected chi connectivity index (χ0v) is 15.7. The summed E-state index contributed by atoms with van der Waals surface area (Å²) in [5, 5.41) is 9.38. The Labute approximate surface area is 160 Å². The van der Waals surface area contributed by atoms with Gasteiger partial charge in [-0.1, -0.05) is 18.2 Å². The molecule has 0 bridgehead atoms. The van der Waals surface area contributed by atoms with Crippen molar-refractivity contribution in [3.05, 3.63) is 48.5 Å². The van der Waals surface area contributed by atoms with Crippen LogP contribution in [-0.2, 0) is 11.2 Å². The monoisotopic (exact) mass is 371 g/mol. The average molecular weight is 371 g/mol. The number of nitrogens with zero attached hydrogens (tertiary/aromatic N) is 2. The molecule has 1 atom stereocenters. The minimum Gasteiger partial charge on any atom is -0.490 e. The maximum atomic E-state index is 11.4. The van der Waals surface area contributed by atoms with Crippen molar-refractivity contribution < 1.29 is 14.6 Å². The summed E-state index contributed by atoms with van der Waals surface area (Å²) in [7, 11) is 0. The molecule has 6 nitrogen and oxygen atoms in total. The summed E-state index contributed by atoms with van der Waals surface area (Å²) < 4.78 is 8.21. The number of aliphatic carboxylic acids is 1. The summed E-state index contributed by atoms with van der Waals surface area (Å²) in [5.41, 5.74) is 6.36. The normalized spacial score (nSPS) is 20.9. The number of carboxylic acid groups (broad SMARTS) is 1. The van der Waals surface area contributed by atoms with E-state index in [-0.39, 0.29) is 6.10 Å². The standard InChI is InChI=1S/C21H29N3O3/c22-12-4-5-16(21(25)26)13-17-14-24(15-23-17)18-8-10-20(11-9-18)27-19-6-2-1-3-7-19/h1-3,6-7,14-16,18,20H,4-5,8-13,22H2,(H,25,26). The largest absolute Gasteiger partial charge is 0.490 e. The molecule has 0 aliphatic heterocycles. The third kappa shape index (κ3) is 5.57. The number of hydrogen-bond donors (Lipinski definition) is 2. The van der Waals surface area contributed by atoms with E-state index in [1.54, 1.807) is 0 Å². The number of imidazole rings is 1. The summed E-state index contributed by atoms with van der Waals surface area (Å²) in [6, 6.07) is 10.4. The number of carboxylic acids is 1. The smallest absolute Gasteiger partial charge is 0.306 e. The second-order valence-corrected chi connectivity index (χ2v) is 7.34. The molecule has 0 saturated heterocycles. The van der Waals surface area contributed by atoms with E-state index in [1.165, 1.54) is 0 Å². The van der Waals surface area contributed by atoms with Gasteiger partial charge in [-0.3, -0.25) is 4.79 Å². The molecule has 1 fully saturated rings. The third-order valence-corrected chi connectivity index (χ3v) is 5.33. The van der Waals surface area contributed by atoms with Gasteiger partial charge in [0.1, 0.15) is 5.75 Å². The van der Waals surface area contributed by atoms with Crippen LogP contribution in [0, 0.1) is 5.92 Å². The molecule has 27 heavy (non-hydrogen) atoms. The molecule has 1 saturated carbocycles. The first-order chi connectivity index (χ1) is 13.2. The highest BCUT2D eigenvalue weighted by atomic mass is 16.5. The van der Waals surface area contributed by atoms with E-state index in [1.807, 2.05) is 42.9 Å². The van der Waals surface area contributed by atoms with Crippen molar-refractivity contribution in [2.45, 2.75) is 57.1 Å². The number of hydrogen-bond acceptors (Lipinski definition) is 4. The maximum Gasteiger partial charge on any atom is 0.306 e. The Kier molecular flexibility index (Phi) is 6.87. The second kappa shape index (κ2) is 9.55. The topological polar surface area (TPSA) is 90.4 Å². The molecule has 0 amide bonds. The Hall–Kier alpha value is -2.34. The van der Waals surface area contributed by atoms with Gasteiger partial charge in [0.25, 0.3) is 0 Å². The molecule has 0 spiro atoms. The van der Waals surface area contributed by atoms with Gasteiger partial charge in [-0.2, -0.15) is 0 Å². The molecule has 1 aliphatic carbocycles. The van der Waals surface area contributed by atoms with E-state index in [4.69, 9.17) is 10.5 Å². The number of rotatable bonds is 9. The molecule has 146 valence electrons. The molecule has 0 radical (unpaired) electrons. The lowest BCUT2D eigenvalue weighted by Gasteiger charge is -2.29. The van der Waals surface area contributed by atoms with E-state index in [0.717, 1.165) is 43.5 Å². The molecule has 3 rings (SSSR count). The Morgan fingerprint density at radius 1 is 1.26 bits per heavy atom. The van der Waals surface area contributed by atoms with Crippen LogP contribution < -0.4 is 10.5 Å². The average Bonchev–Trinajstić information content (AvgIpc) is 3.15. The van der Waals surface area contributed by atoms with Crippen LogP contribution in [0.5, 0.6) is 5.75 Å². The van der Waals surface area contributed by atoms with Crippen LogP contribution in [-0.4, -0.2) is 33.3 Å². The number of carbonyl (C=O) groups is 1. The Morgan fingerprint density at radius 2 is 2.00 bits per heavy atom. The maximum absolute atomic E-state index is 11.4. The van der Waals surface area contributed by atoms with Gasteiger partial charge in [-0.05, 0) is 57.2 Å². The van der Waals surface area contributed by atoms with Gasteiger partial charge < -0.3 is 20.1 Å². The van der Waals surface area contributed by atoms with Crippen molar-refractivity contribution in [2.24, 2.45) is 11.7 Å². The van der Waals surface area contributed by atoms with Crippen LogP contribution >= 0.6 is 0 Å². The fourth-order valence-corrected chi connectivity index (χ4v) is 3.77. The van der Waals surface area contributed by atoms with Gasteiger partial charge in [0.05, 0.1) is 24.0 Å². The molecule has 1 unspecified atom stereocenters. The molecule has 1 aliphatic rings. The first-order valence-corrected chi connectivity index (χ1v) is 9.82. The molecule has 1 aromatic carbocycles. The van der Waals surface area contributed by atoms with Crippen LogP contribution in [0.4, 0.5) is 0 Å². The van der Waals surface area contributed by atoms with Gasteiger partial charge in [-0.25, -0.2) is 4.98 Å². The molecular weight excluding hydrogens is 342 g/mol. The van der Waals surface area contributed by atoms with Gasteiger partial charge in [-0.15, -0.1) is 0 Å². The predicted octanol–water partition coefficient (Wildman–Crippen LogP) is 3.43. The minimum atomic E-state index is -0.767. The van der Waals surface area contributed by atoms with Crippen LogP contribution in [0.3, 0.4) is 0 Å². The van der Waals surface area contributed by atoms with E-state index in [0.29, 0.717) is 25.4 Å². The zero-order chi connectivity index (χ0) is 19.1. The summed E-state index contributed by atoms with van der Waals surface area (Å²) in [5.74, 6) is -0.244. The first-order valence-electron chi connectivity index (χ1n) is 9.82. The van der Waals surface area contributed by atoms with Gasteiger partial charge in [0, 0.05) is 18.7 Å². The van der Waals surface area contributed by atoms with E-state index >= 15 is 0 Å². The highest BCUT2D eigenvalue weighted by Crippen LogP contribution is 2.31. The number of benzene rings is 1. The predicted molar refractivity (Wildman–Crippen MR) is 104 cm³/mol. The van der Waals surface area contributed by atoms with Crippen molar-refractivity contribution in [1.29, 1.82) is 0 Å². The number of ether oxygens (including phenoxy) is 1. The summed E-state index contributed by atoms with van der Waals surface area (Å²) in [6.45, 7) is 0.520. The number of nitrogens with two attached hydrogens (primary N) is 1. The van der Waals surface area contributed by atoms with E-state index in [9.17, 15) is 9.90 Å². The number of para-hydroxylation sites is 1. The van der Waals surface area contributed by atoms with Crippen molar-refractivity contribution >= 4 is 5.97 Å². The molecule has 6 heteroatoms. The third-order valence-electron chi connectivity index (χ3n) is 5.33. The number of aromatic nitrogens is 2. The SMILES string of the molecule is NCCCC(Cc1cn(C2CCC(Oc3ccccc3)CC2)cn1)C(=O)O. The molecule has 1 heterocycles. The van der Waals surface area contributed by atoms with Crippen LogP contribution in [0.15, 0.2) is 42.9 Å². The lowest BCUT2D eigenvalue weighted by atomic mass is 9.92. The minimum absolute atomic E-state index is 0.263. The Morgan fingerprint density at radius 3 is 2.67 bits per heavy atom. The van der Waals surface area contributed by atoms with Crippen molar-refractivity contribution in [3.63, 3.8) is 0 Å². The summed E-state index contributed by atoms with van der Waals surface area (Å²) in [4.78, 5) is 15.9. The van der Waals surface area contributed by atoms with E-state index < -0.39 is 11.9 Å². The van der Waals surface area contributed by atoms with Crippen molar-refractivity contribution in [1.82, 2.24) is 9.55 Å². The Balaban J connectivity index is 1.51. The quantitative estimate of drug-likeness (QED) is 0.705. The van der Waals surface area contributed by atoms with Gasteiger partial charge >= 0.3 is 5.97 Å². The van der Waals surface area contributed by atoms with Gasteiger partial charge in [0.15, 0.2) is 0 Å². The highest BCUT2D eigenvalue weighted by Gasteiger charge is 2.24. The van der Waals surface area contributed by atoms with Crippen LogP contribution in [0.25, 0.3) is 0 Å². The molecule has 3 N–H and O–H groups in total. The summed E-state index contributed by atoms with van der Waals surface area (Å²) in [6.07, 6.45) is 10.0. The van der Waals surface area contributed by atoms with Crippen LogP contribution in [0.1, 0.15) is 50.3 Å².